The van der Waals surface area contributed by atoms with E-state index in [2.05, 4.69) is 34.5 Å². The molecular weight excluding hydrogens is 304 g/mol. The van der Waals surface area contributed by atoms with E-state index in [1.807, 2.05) is 26.8 Å². The molecule has 2 aliphatic rings. The first-order valence-electron chi connectivity index (χ1n) is 8.75. The lowest BCUT2D eigenvalue weighted by Crippen LogP contribution is -2.60. The van der Waals surface area contributed by atoms with Gasteiger partial charge in [0.05, 0.1) is 11.6 Å². The summed E-state index contributed by atoms with van der Waals surface area (Å²) < 4.78 is 11.5. The van der Waals surface area contributed by atoms with E-state index >= 15 is 0 Å². The summed E-state index contributed by atoms with van der Waals surface area (Å²) in [5.74, 6) is 0. The number of rotatable bonds is 3. The van der Waals surface area contributed by atoms with Crippen LogP contribution in [0.25, 0.3) is 0 Å². The lowest BCUT2D eigenvalue weighted by atomic mass is 9.88. The minimum absolute atomic E-state index is 0.0301. The highest BCUT2D eigenvalue weighted by Gasteiger charge is 2.50. The number of carbonyl (C=O) groups excluding carboxylic acids is 1. The quantitative estimate of drug-likeness (QED) is 0.925. The maximum Gasteiger partial charge on any atom is 0.408 e. The van der Waals surface area contributed by atoms with Crippen molar-refractivity contribution in [3.05, 3.63) is 35.9 Å². The van der Waals surface area contributed by atoms with Gasteiger partial charge in [0.15, 0.2) is 0 Å². The van der Waals surface area contributed by atoms with Crippen molar-refractivity contribution in [3.8, 4) is 0 Å². The average molecular weight is 332 g/mol. The Morgan fingerprint density at radius 1 is 1.38 bits per heavy atom. The Hall–Kier alpha value is -1.59. The molecule has 0 spiro atoms. The monoisotopic (exact) mass is 332 g/mol. The summed E-state index contributed by atoms with van der Waals surface area (Å²) in [6.07, 6.45) is 1.58. The highest BCUT2D eigenvalue weighted by Crippen LogP contribution is 2.34. The van der Waals surface area contributed by atoms with Gasteiger partial charge in [-0.3, -0.25) is 4.90 Å². The minimum atomic E-state index is -0.492. The normalized spacial score (nSPS) is 27.5. The highest BCUT2D eigenvalue weighted by molar-refractivity contribution is 5.69. The molecule has 2 saturated heterocycles. The molecule has 0 bridgehead atoms. The van der Waals surface area contributed by atoms with E-state index in [1.165, 1.54) is 5.56 Å². The molecule has 2 heterocycles. The van der Waals surface area contributed by atoms with Gasteiger partial charge in [-0.15, -0.1) is 0 Å². The van der Waals surface area contributed by atoms with Crippen LogP contribution >= 0.6 is 0 Å². The number of carbonyl (C=O) groups is 1. The van der Waals surface area contributed by atoms with Gasteiger partial charge in [0, 0.05) is 26.2 Å². The molecule has 3 rings (SSSR count). The standard InChI is InChI=1S/C19H28N2O3/c1-18(2,3)24-17(22)20-19-10-7-11-23-16(19)13-21(14-19)12-15-8-5-4-6-9-15/h4-6,8-9,16H,7,10-14H2,1-3H3,(H,20,22). The molecule has 0 aromatic heterocycles. The van der Waals surface area contributed by atoms with Crippen LogP contribution in [0, 0.1) is 0 Å². The molecule has 1 N–H and O–H groups in total. The first-order chi connectivity index (χ1) is 11.4. The molecule has 5 heteroatoms. The van der Waals surface area contributed by atoms with Crippen molar-refractivity contribution in [2.75, 3.05) is 19.7 Å². The fourth-order valence-corrected chi connectivity index (χ4v) is 3.69. The number of nitrogens with zero attached hydrogens (tertiary/aromatic N) is 1. The van der Waals surface area contributed by atoms with Gasteiger partial charge < -0.3 is 14.8 Å². The van der Waals surface area contributed by atoms with Gasteiger partial charge in [0.1, 0.15) is 5.60 Å². The molecule has 24 heavy (non-hydrogen) atoms. The van der Waals surface area contributed by atoms with Gasteiger partial charge in [-0.25, -0.2) is 4.79 Å². The summed E-state index contributed by atoms with van der Waals surface area (Å²) in [6, 6.07) is 10.4. The molecule has 2 aliphatic heterocycles. The molecule has 5 nitrogen and oxygen atoms in total. The van der Waals surface area contributed by atoms with Gasteiger partial charge in [0.2, 0.25) is 0 Å². The number of fused-ring (bicyclic) bond motifs is 1. The van der Waals surface area contributed by atoms with Gasteiger partial charge in [0.25, 0.3) is 0 Å². The van der Waals surface area contributed by atoms with Crippen molar-refractivity contribution in [2.45, 2.75) is 57.4 Å². The van der Waals surface area contributed by atoms with Gasteiger partial charge in [-0.2, -0.15) is 0 Å². The van der Waals surface area contributed by atoms with E-state index in [1.54, 1.807) is 0 Å². The van der Waals surface area contributed by atoms with Crippen LogP contribution in [0.3, 0.4) is 0 Å². The SMILES string of the molecule is CC(C)(C)OC(=O)NC12CCCOC1CN(Cc1ccccc1)C2. The third-order valence-electron chi connectivity index (χ3n) is 4.63. The van der Waals surface area contributed by atoms with E-state index in [0.717, 1.165) is 39.1 Å². The summed E-state index contributed by atoms with van der Waals surface area (Å²) in [5, 5.41) is 3.14. The molecule has 1 aromatic carbocycles. The minimum Gasteiger partial charge on any atom is -0.444 e. The van der Waals surface area contributed by atoms with Crippen LogP contribution in [0.4, 0.5) is 4.79 Å². The zero-order chi connectivity index (χ0) is 17.2. The topological polar surface area (TPSA) is 50.8 Å². The van der Waals surface area contributed by atoms with Crippen LogP contribution in [0.1, 0.15) is 39.2 Å². The Labute approximate surface area is 144 Å². The number of nitrogens with one attached hydrogen (secondary N) is 1. The number of ether oxygens (including phenoxy) is 2. The zero-order valence-electron chi connectivity index (χ0n) is 14.9. The number of hydrogen-bond donors (Lipinski definition) is 1. The second-order valence-electron chi connectivity index (χ2n) is 7.90. The predicted molar refractivity (Wildman–Crippen MR) is 92.8 cm³/mol. The van der Waals surface area contributed by atoms with E-state index < -0.39 is 5.60 Å². The number of hydrogen-bond acceptors (Lipinski definition) is 4. The van der Waals surface area contributed by atoms with Crippen LogP contribution in [0.2, 0.25) is 0 Å². The van der Waals surface area contributed by atoms with E-state index in [4.69, 9.17) is 9.47 Å². The lowest BCUT2D eigenvalue weighted by molar-refractivity contribution is -0.0331. The van der Waals surface area contributed by atoms with Crippen LogP contribution in [-0.4, -0.2) is 47.9 Å². The molecule has 2 unspecified atom stereocenters. The van der Waals surface area contributed by atoms with Crippen LogP contribution in [0.15, 0.2) is 30.3 Å². The van der Waals surface area contributed by atoms with Crippen molar-refractivity contribution in [3.63, 3.8) is 0 Å². The predicted octanol–water partition coefficient (Wildman–Crippen LogP) is 2.94. The Morgan fingerprint density at radius 2 is 2.12 bits per heavy atom. The first-order valence-corrected chi connectivity index (χ1v) is 8.75. The Bertz CT molecular complexity index is 570. The molecule has 1 aromatic rings. The molecule has 0 saturated carbocycles. The van der Waals surface area contributed by atoms with Crippen molar-refractivity contribution in [1.82, 2.24) is 10.2 Å². The van der Waals surface area contributed by atoms with Crippen molar-refractivity contribution >= 4 is 6.09 Å². The maximum atomic E-state index is 12.3. The second-order valence-corrected chi connectivity index (χ2v) is 7.90. The highest BCUT2D eigenvalue weighted by atomic mass is 16.6. The first kappa shape index (κ1) is 17.2. The van der Waals surface area contributed by atoms with Crippen molar-refractivity contribution < 1.29 is 14.3 Å². The summed E-state index contributed by atoms with van der Waals surface area (Å²) in [7, 11) is 0. The van der Waals surface area contributed by atoms with Gasteiger partial charge in [-0.05, 0) is 39.2 Å². The molecule has 2 fully saturated rings. The summed E-state index contributed by atoms with van der Waals surface area (Å²) in [6.45, 7) is 8.93. The van der Waals surface area contributed by atoms with Crippen molar-refractivity contribution in [1.29, 1.82) is 0 Å². The molecule has 2 atom stereocenters. The zero-order valence-corrected chi connectivity index (χ0v) is 14.9. The molecule has 1 amide bonds. The Morgan fingerprint density at radius 3 is 2.83 bits per heavy atom. The van der Waals surface area contributed by atoms with Gasteiger partial charge >= 0.3 is 6.09 Å². The molecule has 0 aliphatic carbocycles. The second kappa shape index (κ2) is 6.73. The van der Waals surface area contributed by atoms with Crippen LogP contribution < -0.4 is 5.32 Å². The van der Waals surface area contributed by atoms with E-state index in [-0.39, 0.29) is 17.7 Å². The Kier molecular flexibility index (Phi) is 4.83. The Balaban J connectivity index is 1.69. The summed E-state index contributed by atoms with van der Waals surface area (Å²) in [5.41, 5.74) is 0.451. The third kappa shape index (κ3) is 4.08. The fraction of sp³-hybridized carbons (Fsp3) is 0.632. The number of amides is 1. The fourth-order valence-electron chi connectivity index (χ4n) is 3.69. The summed E-state index contributed by atoms with van der Waals surface area (Å²) >= 11 is 0. The van der Waals surface area contributed by atoms with Crippen LogP contribution in [-0.2, 0) is 16.0 Å². The molecular formula is C19H28N2O3. The summed E-state index contributed by atoms with van der Waals surface area (Å²) in [4.78, 5) is 14.7. The van der Waals surface area contributed by atoms with E-state index in [9.17, 15) is 4.79 Å². The number of likely N-dealkylation sites (tertiary alicyclic amines) is 1. The largest absolute Gasteiger partial charge is 0.444 e. The van der Waals surface area contributed by atoms with Crippen LogP contribution in [0.5, 0.6) is 0 Å². The molecule has 0 radical (unpaired) electrons. The van der Waals surface area contributed by atoms with Crippen molar-refractivity contribution in [2.24, 2.45) is 0 Å². The maximum absolute atomic E-state index is 12.3. The number of alkyl carbamates (subject to hydrolysis) is 1. The smallest absolute Gasteiger partial charge is 0.408 e. The van der Waals surface area contributed by atoms with Gasteiger partial charge in [-0.1, -0.05) is 30.3 Å². The molecule has 132 valence electrons. The number of benzene rings is 1. The lowest BCUT2D eigenvalue weighted by Gasteiger charge is -2.39. The third-order valence-corrected chi connectivity index (χ3v) is 4.63. The average Bonchev–Trinajstić information content (AvgIpc) is 2.83. The van der Waals surface area contributed by atoms with E-state index in [0.29, 0.717) is 0 Å².